The first kappa shape index (κ1) is 35.4. The van der Waals surface area contributed by atoms with E-state index in [0.29, 0.717) is 18.7 Å². The van der Waals surface area contributed by atoms with Gasteiger partial charge in [0.2, 0.25) is 0 Å². The molecule has 2 aliphatic rings. The molecule has 2 aliphatic heterocycles. The fourth-order valence-corrected chi connectivity index (χ4v) is 6.05. The van der Waals surface area contributed by atoms with Gasteiger partial charge in [-0.25, -0.2) is 9.78 Å². The monoisotopic (exact) mass is 688 g/mol. The van der Waals surface area contributed by atoms with E-state index in [1.165, 1.54) is 24.4 Å². The largest absolute Gasteiger partial charge is 0.476 e. The van der Waals surface area contributed by atoms with Gasteiger partial charge in [-0.3, -0.25) is 9.59 Å². The summed E-state index contributed by atoms with van der Waals surface area (Å²) >= 11 is 12.7. The normalized spacial score (nSPS) is 19.8. The number of amides is 2. The molecule has 3 heterocycles. The van der Waals surface area contributed by atoms with Gasteiger partial charge < -0.3 is 29.7 Å². The first-order chi connectivity index (χ1) is 21.4. The summed E-state index contributed by atoms with van der Waals surface area (Å²) in [5.41, 5.74) is -2.67. The molecule has 4 rings (SSSR count). The number of hydrogen-bond donors (Lipinski definition) is 2. The minimum Gasteiger partial charge on any atom is -0.476 e. The van der Waals surface area contributed by atoms with E-state index in [4.69, 9.17) is 37.4 Å². The Bertz CT molecular complexity index is 1440. The Morgan fingerprint density at radius 3 is 2.07 bits per heavy atom. The minimum absolute atomic E-state index is 0.0342. The summed E-state index contributed by atoms with van der Waals surface area (Å²) in [5.74, 6) is -0.911. The Morgan fingerprint density at radius 2 is 1.54 bits per heavy atom. The van der Waals surface area contributed by atoms with Crippen LogP contribution in [0.15, 0.2) is 30.5 Å². The molecular formula is C31H37Cl2F3N4O6. The highest BCUT2D eigenvalue weighted by Crippen LogP contribution is 2.40. The number of anilines is 1. The number of fused-ring (bicyclic) bond motifs is 2. The number of piperidine rings is 1. The molecular weight excluding hydrogens is 652 g/mol. The summed E-state index contributed by atoms with van der Waals surface area (Å²) in [6.45, 7) is 6.74. The Hall–Kier alpha value is -3.45. The number of pyridine rings is 1. The van der Waals surface area contributed by atoms with Gasteiger partial charge in [0, 0.05) is 30.4 Å². The van der Waals surface area contributed by atoms with Crippen LogP contribution in [0.25, 0.3) is 0 Å². The summed E-state index contributed by atoms with van der Waals surface area (Å²) in [6, 6.07) is 5.91. The molecule has 2 bridgehead atoms. The van der Waals surface area contributed by atoms with Crippen LogP contribution in [0.1, 0.15) is 70.7 Å². The van der Waals surface area contributed by atoms with Crippen LogP contribution in [-0.4, -0.2) is 71.4 Å². The number of carbonyl (C=O) groups is 3. The van der Waals surface area contributed by atoms with Crippen molar-refractivity contribution < 1.29 is 41.8 Å². The Balaban J connectivity index is 1.38. The Kier molecular flexibility index (Phi) is 10.6. The molecule has 15 heteroatoms. The zero-order valence-corrected chi connectivity index (χ0v) is 27.6. The lowest BCUT2D eigenvalue weighted by Gasteiger charge is -2.41. The predicted molar refractivity (Wildman–Crippen MR) is 166 cm³/mol. The van der Waals surface area contributed by atoms with E-state index < -0.39 is 35.8 Å². The number of carbonyl (C=O) groups excluding carboxylic acids is 3. The van der Waals surface area contributed by atoms with Gasteiger partial charge in [0.1, 0.15) is 23.9 Å². The molecule has 0 spiro atoms. The van der Waals surface area contributed by atoms with E-state index in [9.17, 15) is 27.6 Å². The van der Waals surface area contributed by atoms with Crippen LogP contribution in [0, 0.1) is 0 Å². The highest BCUT2D eigenvalue weighted by atomic mass is 35.5. The lowest BCUT2D eigenvalue weighted by atomic mass is 9.96. The van der Waals surface area contributed by atoms with Crippen molar-refractivity contribution in [1.82, 2.24) is 15.6 Å². The van der Waals surface area contributed by atoms with Crippen molar-refractivity contribution in [2.24, 2.45) is 0 Å². The molecule has 10 nitrogen and oxygen atoms in total. The van der Waals surface area contributed by atoms with Crippen LogP contribution in [0.5, 0.6) is 11.5 Å². The van der Waals surface area contributed by atoms with E-state index in [-0.39, 0.29) is 57.7 Å². The van der Waals surface area contributed by atoms with Crippen LogP contribution in [0.2, 0.25) is 10.0 Å². The van der Waals surface area contributed by atoms with Gasteiger partial charge >= 0.3 is 12.1 Å². The second-order valence-electron chi connectivity index (χ2n) is 12.3. The van der Waals surface area contributed by atoms with Crippen LogP contribution < -0.4 is 25.0 Å². The van der Waals surface area contributed by atoms with Crippen molar-refractivity contribution >= 4 is 46.8 Å². The number of nitrogens with one attached hydrogen (secondary N) is 2. The average molecular weight is 690 g/mol. The molecule has 1 aromatic heterocycles. The lowest BCUT2D eigenvalue weighted by molar-refractivity contribution is -0.158. The Labute approximate surface area is 275 Å². The van der Waals surface area contributed by atoms with Gasteiger partial charge in [0.25, 0.3) is 11.8 Å². The molecule has 1 aromatic carbocycles. The summed E-state index contributed by atoms with van der Waals surface area (Å²) in [5, 5.41) is 5.23. The summed E-state index contributed by atoms with van der Waals surface area (Å²) in [6.07, 6.45) is -0.221. The molecule has 2 atom stereocenters. The fourth-order valence-electron chi connectivity index (χ4n) is 5.59. The molecule has 0 radical (unpaired) electrons. The third-order valence-corrected chi connectivity index (χ3v) is 8.41. The average Bonchev–Trinajstić information content (AvgIpc) is 3.23. The van der Waals surface area contributed by atoms with Crippen LogP contribution in [0.3, 0.4) is 0 Å². The van der Waals surface area contributed by atoms with Crippen molar-refractivity contribution in [3.8, 4) is 11.5 Å². The van der Waals surface area contributed by atoms with Crippen LogP contribution >= 0.6 is 23.2 Å². The number of esters is 1. The van der Waals surface area contributed by atoms with Crippen molar-refractivity contribution in [3.63, 3.8) is 0 Å². The molecule has 2 amide bonds. The third-order valence-electron chi connectivity index (χ3n) is 7.82. The fraction of sp³-hybridized carbons (Fsp3) is 0.548. The minimum atomic E-state index is -4.51. The van der Waals surface area contributed by atoms with E-state index in [1.54, 1.807) is 40.7 Å². The topological polar surface area (TPSA) is 119 Å². The second kappa shape index (κ2) is 13.7. The van der Waals surface area contributed by atoms with E-state index in [0.717, 1.165) is 12.8 Å². The molecule has 2 N–H and O–H groups in total. The number of benzene rings is 1. The third kappa shape index (κ3) is 8.47. The molecule has 46 heavy (non-hydrogen) atoms. The summed E-state index contributed by atoms with van der Waals surface area (Å²) in [4.78, 5) is 44.4. The molecule has 2 fully saturated rings. The molecule has 2 saturated heterocycles. The van der Waals surface area contributed by atoms with Gasteiger partial charge in [0.15, 0.2) is 11.2 Å². The van der Waals surface area contributed by atoms with Crippen LogP contribution in [0.4, 0.5) is 19.0 Å². The summed E-state index contributed by atoms with van der Waals surface area (Å²) < 4.78 is 54.3. The van der Waals surface area contributed by atoms with Gasteiger partial charge in [-0.15, -0.1) is 0 Å². The molecule has 2 unspecified atom stereocenters. The van der Waals surface area contributed by atoms with Gasteiger partial charge in [-0.05, 0) is 78.5 Å². The van der Waals surface area contributed by atoms with Crippen molar-refractivity contribution in [2.45, 2.75) is 95.8 Å². The maximum absolute atomic E-state index is 13.5. The lowest BCUT2D eigenvalue weighted by Crippen LogP contribution is -2.55. The Morgan fingerprint density at radius 1 is 0.957 bits per heavy atom. The molecule has 252 valence electrons. The van der Waals surface area contributed by atoms with Crippen molar-refractivity contribution in [3.05, 3.63) is 46.1 Å². The number of alkyl halides is 3. The molecule has 0 aliphatic carbocycles. The van der Waals surface area contributed by atoms with Gasteiger partial charge in [-0.2, -0.15) is 13.2 Å². The van der Waals surface area contributed by atoms with Gasteiger partial charge in [-0.1, -0.05) is 23.2 Å². The first-order valence-corrected chi connectivity index (χ1v) is 15.6. The number of ether oxygens (including phenoxy) is 3. The highest BCUT2D eigenvalue weighted by Gasteiger charge is 2.43. The number of aromatic nitrogens is 1. The zero-order chi connectivity index (χ0) is 34.0. The maximum atomic E-state index is 13.5. The number of halogens is 5. The molecule has 0 saturated carbocycles. The SMILES string of the molecule is CCOC(=O)C(C)(C)Oc1cc(OC(C)(C)C(=O)NC2CC3CCC(C2)N3c2ccc(C(=O)NCC(F)(F)F)cn2)c(Cl)cc1Cl. The standard InChI is InChI=1S/C31H37Cl2F3N4O6/c1-6-44-28(43)30(4,5)46-24-14-23(21(32)13-22(24)33)45-29(2,3)27(42)39-18-11-19-8-9-20(12-18)40(19)25-10-7-17(15-37-25)26(41)38-16-31(34,35)36/h7,10,13-15,18-20H,6,8-9,11-12,16H2,1-5H3,(H,38,41)(H,39,42). The molecule has 2 aromatic rings. The number of nitrogens with zero attached hydrogens (tertiary/aromatic N) is 2. The smallest absolute Gasteiger partial charge is 0.405 e. The van der Waals surface area contributed by atoms with E-state index in [1.807, 2.05) is 5.32 Å². The number of rotatable bonds is 11. The van der Waals surface area contributed by atoms with Crippen molar-refractivity contribution in [2.75, 3.05) is 18.1 Å². The first-order valence-electron chi connectivity index (χ1n) is 14.8. The second-order valence-corrected chi connectivity index (χ2v) is 13.1. The predicted octanol–water partition coefficient (Wildman–Crippen LogP) is 5.87. The highest BCUT2D eigenvalue weighted by molar-refractivity contribution is 6.36. The van der Waals surface area contributed by atoms with Crippen LogP contribution in [-0.2, 0) is 14.3 Å². The van der Waals surface area contributed by atoms with E-state index >= 15 is 0 Å². The maximum Gasteiger partial charge on any atom is 0.405 e. The van der Waals surface area contributed by atoms with E-state index in [2.05, 4.69) is 15.2 Å². The van der Waals surface area contributed by atoms with Crippen molar-refractivity contribution in [1.29, 1.82) is 0 Å². The quantitative estimate of drug-likeness (QED) is 0.281. The van der Waals surface area contributed by atoms with Gasteiger partial charge in [0.05, 0.1) is 22.2 Å². The number of hydrogen-bond acceptors (Lipinski definition) is 8. The summed E-state index contributed by atoms with van der Waals surface area (Å²) in [7, 11) is 0. The zero-order valence-electron chi connectivity index (χ0n) is 26.1.